The van der Waals surface area contributed by atoms with Crippen LogP contribution in [0, 0.1) is 5.53 Å². The van der Waals surface area contributed by atoms with Crippen molar-refractivity contribution in [3.8, 4) is 0 Å². The maximum absolute atomic E-state index is 10.9. The summed E-state index contributed by atoms with van der Waals surface area (Å²) in [7, 11) is 0. The van der Waals surface area contributed by atoms with Crippen LogP contribution in [0.25, 0.3) is 0 Å². The zero-order valence-electron chi connectivity index (χ0n) is 5.63. The lowest BCUT2D eigenvalue weighted by atomic mass is 10.4. The molecule has 4 heteroatoms. The van der Waals surface area contributed by atoms with Crippen LogP contribution in [0.15, 0.2) is 17.5 Å². The lowest BCUT2D eigenvalue weighted by Crippen LogP contribution is -2.21. The number of amides is 1. The van der Waals surface area contributed by atoms with E-state index in [-0.39, 0.29) is 11.7 Å². The van der Waals surface area contributed by atoms with Crippen LogP contribution in [-0.4, -0.2) is 17.4 Å². The first-order valence-electron chi connectivity index (χ1n) is 3.12. The molecule has 1 N–H and O–H groups in total. The number of rotatable bonds is 2. The normalized spacial score (nSPS) is 17.6. The number of nitrogens with one attached hydrogen (secondary N) is 1. The topological polar surface area (TPSA) is 56.5 Å². The van der Waals surface area contributed by atoms with Gasteiger partial charge in [0.25, 0.3) is 0 Å². The number of nitrogens with zero attached hydrogens (tertiary/aromatic N) is 2. The predicted molar refractivity (Wildman–Crippen MR) is 35.2 cm³/mol. The minimum absolute atomic E-state index is 0.0287. The Morgan fingerprint density at radius 2 is 2.50 bits per heavy atom. The van der Waals surface area contributed by atoms with Crippen molar-refractivity contribution in [1.29, 1.82) is 5.53 Å². The van der Waals surface area contributed by atoms with E-state index < -0.39 is 0 Å². The van der Waals surface area contributed by atoms with Crippen LogP contribution < -0.4 is 0 Å². The van der Waals surface area contributed by atoms with Gasteiger partial charge in [0.1, 0.15) is 5.82 Å². The molecular weight excluding hydrogens is 130 g/mol. The molecule has 0 aliphatic carbocycles. The highest BCUT2D eigenvalue weighted by Gasteiger charge is 2.21. The van der Waals surface area contributed by atoms with Crippen molar-refractivity contribution in [3.05, 3.63) is 12.4 Å². The smallest absolute Gasteiger partial charge is 0.228 e. The monoisotopic (exact) mass is 139 g/mol. The zero-order valence-corrected chi connectivity index (χ0v) is 5.63. The molecule has 54 valence electrons. The summed E-state index contributed by atoms with van der Waals surface area (Å²) in [4.78, 5) is 12.3. The summed E-state index contributed by atoms with van der Waals surface area (Å²) in [5.74, 6) is 0.281. The zero-order chi connectivity index (χ0) is 7.56. The Morgan fingerprint density at radius 1 is 1.80 bits per heavy atom. The van der Waals surface area contributed by atoms with E-state index in [1.165, 1.54) is 4.90 Å². The summed E-state index contributed by atoms with van der Waals surface area (Å²) in [6.45, 7) is 4.12. The summed E-state index contributed by atoms with van der Waals surface area (Å²) in [5.41, 5.74) is 6.60. The third-order valence-corrected chi connectivity index (χ3v) is 1.51. The second-order valence-electron chi connectivity index (χ2n) is 2.18. The van der Waals surface area contributed by atoms with Gasteiger partial charge in [0, 0.05) is 13.0 Å². The van der Waals surface area contributed by atoms with Gasteiger partial charge < -0.3 is 0 Å². The Hall–Kier alpha value is -1.19. The molecular formula is C6H9N3O. The van der Waals surface area contributed by atoms with Gasteiger partial charge in [-0.25, -0.2) is 5.53 Å². The van der Waals surface area contributed by atoms with E-state index in [0.29, 0.717) is 13.0 Å². The number of hydrogen-bond acceptors (Lipinski definition) is 3. The van der Waals surface area contributed by atoms with Crippen molar-refractivity contribution >= 4 is 5.91 Å². The molecule has 0 aromatic heterocycles. The number of hydrogen-bond donors (Lipinski definition) is 1. The van der Waals surface area contributed by atoms with Crippen LogP contribution in [0.1, 0.15) is 12.8 Å². The largest absolute Gasteiger partial charge is 0.296 e. The van der Waals surface area contributed by atoms with Gasteiger partial charge in [-0.3, -0.25) is 9.69 Å². The van der Waals surface area contributed by atoms with Gasteiger partial charge in [0.15, 0.2) is 0 Å². The fraction of sp³-hybridized carbons (Fsp3) is 0.500. The van der Waals surface area contributed by atoms with Crippen LogP contribution in [0.5, 0.6) is 0 Å². The van der Waals surface area contributed by atoms with Crippen molar-refractivity contribution in [3.63, 3.8) is 0 Å². The molecule has 1 aliphatic heterocycles. The first-order valence-corrected chi connectivity index (χ1v) is 3.12. The third-order valence-electron chi connectivity index (χ3n) is 1.51. The molecule has 4 nitrogen and oxygen atoms in total. The molecule has 1 amide bonds. The fourth-order valence-electron chi connectivity index (χ4n) is 0.981. The van der Waals surface area contributed by atoms with Gasteiger partial charge in [-0.15, -0.1) is 5.11 Å². The molecule has 0 atom stereocenters. The van der Waals surface area contributed by atoms with E-state index in [4.69, 9.17) is 5.53 Å². The highest BCUT2D eigenvalue weighted by molar-refractivity contribution is 5.79. The maximum Gasteiger partial charge on any atom is 0.228 e. The molecule has 0 unspecified atom stereocenters. The van der Waals surface area contributed by atoms with Gasteiger partial charge in [-0.2, -0.15) is 0 Å². The molecule has 1 aliphatic rings. The van der Waals surface area contributed by atoms with E-state index in [1.54, 1.807) is 0 Å². The third kappa shape index (κ3) is 1.05. The maximum atomic E-state index is 10.9. The summed E-state index contributed by atoms with van der Waals surface area (Å²) in [6.07, 6.45) is 1.42. The molecule has 10 heavy (non-hydrogen) atoms. The van der Waals surface area contributed by atoms with Crippen LogP contribution in [-0.2, 0) is 4.79 Å². The van der Waals surface area contributed by atoms with Gasteiger partial charge in [-0.1, -0.05) is 6.58 Å². The van der Waals surface area contributed by atoms with E-state index in [1.807, 2.05) is 0 Å². The summed E-state index contributed by atoms with van der Waals surface area (Å²) in [5, 5.41) is 3.08. The number of carbonyl (C=O) groups excluding carboxylic acids is 1. The van der Waals surface area contributed by atoms with Crippen LogP contribution in [0.2, 0.25) is 0 Å². The average Bonchev–Trinajstić information content (AvgIpc) is 2.34. The quantitative estimate of drug-likeness (QED) is 0.572. The lowest BCUT2D eigenvalue weighted by molar-refractivity contribution is -0.126. The first kappa shape index (κ1) is 6.92. The highest BCUT2D eigenvalue weighted by Crippen LogP contribution is 2.14. The molecule has 0 saturated carbocycles. The van der Waals surface area contributed by atoms with Gasteiger partial charge in [0.2, 0.25) is 5.91 Å². The summed E-state index contributed by atoms with van der Waals surface area (Å²) in [6, 6.07) is 0. The number of carbonyl (C=O) groups is 1. The highest BCUT2D eigenvalue weighted by atomic mass is 16.2. The summed E-state index contributed by atoms with van der Waals surface area (Å²) < 4.78 is 0. The molecule has 1 heterocycles. The lowest BCUT2D eigenvalue weighted by Gasteiger charge is -2.11. The van der Waals surface area contributed by atoms with Gasteiger partial charge in [-0.05, 0) is 6.42 Å². The van der Waals surface area contributed by atoms with Crippen molar-refractivity contribution in [1.82, 2.24) is 4.90 Å². The second kappa shape index (κ2) is 2.60. The van der Waals surface area contributed by atoms with E-state index >= 15 is 0 Å². The predicted octanol–water partition coefficient (Wildman–Crippen LogP) is 1.11. The Morgan fingerprint density at radius 3 is 2.90 bits per heavy atom. The average molecular weight is 139 g/mol. The SMILES string of the molecule is C=C(N=N)N1CCCC1=O. The van der Waals surface area contributed by atoms with Crippen molar-refractivity contribution < 1.29 is 4.79 Å². The molecule has 1 fully saturated rings. The second-order valence-corrected chi connectivity index (χ2v) is 2.18. The number of likely N-dealkylation sites (tertiary alicyclic amines) is 1. The molecule has 0 spiro atoms. The van der Waals surface area contributed by atoms with Crippen molar-refractivity contribution in [2.24, 2.45) is 5.11 Å². The van der Waals surface area contributed by atoms with Crippen molar-refractivity contribution in [2.75, 3.05) is 6.54 Å². The molecule has 0 bridgehead atoms. The minimum Gasteiger partial charge on any atom is -0.296 e. The molecule has 1 saturated heterocycles. The molecule has 0 aromatic carbocycles. The van der Waals surface area contributed by atoms with Crippen molar-refractivity contribution in [2.45, 2.75) is 12.8 Å². The fourth-order valence-corrected chi connectivity index (χ4v) is 0.981. The summed E-state index contributed by atoms with van der Waals surface area (Å²) >= 11 is 0. The molecule has 1 rings (SSSR count). The first-order chi connectivity index (χ1) is 4.75. The Balaban J connectivity index is 2.63. The van der Waals surface area contributed by atoms with Gasteiger partial charge in [0.05, 0.1) is 0 Å². The molecule has 0 aromatic rings. The Bertz CT molecular complexity index is 187. The Kier molecular flexibility index (Phi) is 1.80. The van der Waals surface area contributed by atoms with E-state index in [9.17, 15) is 4.79 Å². The van der Waals surface area contributed by atoms with Crippen LogP contribution in [0.3, 0.4) is 0 Å². The molecule has 0 radical (unpaired) electrons. The van der Waals surface area contributed by atoms with E-state index in [2.05, 4.69) is 11.7 Å². The minimum atomic E-state index is 0.0287. The van der Waals surface area contributed by atoms with Gasteiger partial charge >= 0.3 is 0 Å². The van der Waals surface area contributed by atoms with Crippen LogP contribution >= 0.6 is 0 Å². The van der Waals surface area contributed by atoms with E-state index in [0.717, 1.165) is 6.42 Å². The van der Waals surface area contributed by atoms with Crippen LogP contribution in [0.4, 0.5) is 0 Å². The Labute approximate surface area is 59.0 Å². The standard InChI is InChI=1S/C6H9N3O/c1-5(8-7)9-4-2-3-6(9)10/h7H,1-4H2.